The van der Waals surface area contributed by atoms with Gasteiger partial charge in [0.05, 0.1) is 15.4 Å². The Kier molecular flexibility index (Phi) is 2.84. The molecule has 92 valence electrons. The summed E-state index contributed by atoms with van der Waals surface area (Å²) in [6.07, 6.45) is 2.11. The maximum Gasteiger partial charge on any atom is 0.150 e. The number of rotatable bonds is 2. The highest BCUT2D eigenvalue weighted by Crippen LogP contribution is 2.31. The van der Waals surface area contributed by atoms with Gasteiger partial charge in [-0.1, -0.05) is 0 Å². The first kappa shape index (κ1) is 11.7. The van der Waals surface area contributed by atoms with Crippen molar-refractivity contribution in [1.82, 2.24) is 9.55 Å². The van der Waals surface area contributed by atoms with E-state index in [0.717, 1.165) is 11.5 Å². The Bertz CT molecular complexity index is 688. The van der Waals surface area contributed by atoms with E-state index in [4.69, 9.17) is 4.98 Å². The third-order valence-corrected chi connectivity index (χ3v) is 4.85. The van der Waals surface area contributed by atoms with E-state index in [1.165, 1.54) is 19.5 Å². The second-order valence-corrected chi connectivity index (χ2v) is 6.96. The maximum atomic E-state index is 4.76. The van der Waals surface area contributed by atoms with Crippen LogP contribution in [0.25, 0.3) is 21.3 Å². The van der Waals surface area contributed by atoms with Gasteiger partial charge in [0, 0.05) is 23.0 Å². The van der Waals surface area contributed by atoms with Crippen LogP contribution in [0, 0.1) is 13.8 Å². The van der Waals surface area contributed by atoms with Crippen molar-refractivity contribution in [2.24, 2.45) is 7.05 Å². The summed E-state index contributed by atoms with van der Waals surface area (Å²) in [6, 6.07) is 8.57. The van der Waals surface area contributed by atoms with Gasteiger partial charge in [-0.25, -0.2) is 4.98 Å². The number of thiophene rings is 2. The van der Waals surface area contributed by atoms with Crippen LogP contribution in [0.3, 0.4) is 0 Å². The summed E-state index contributed by atoms with van der Waals surface area (Å²) in [5, 5.41) is 0. The fourth-order valence-electron chi connectivity index (χ4n) is 1.94. The van der Waals surface area contributed by atoms with Gasteiger partial charge in [-0.2, -0.15) is 0 Å². The maximum absolute atomic E-state index is 4.76. The zero-order valence-corrected chi connectivity index (χ0v) is 12.2. The molecule has 3 heterocycles. The van der Waals surface area contributed by atoms with Gasteiger partial charge in [-0.15, -0.1) is 22.7 Å². The third-order valence-electron chi connectivity index (χ3n) is 2.83. The Labute approximate surface area is 115 Å². The fourth-order valence-corrected chi connectivity index (χ4v) is 3.66. The molecule has 0 aliphatic rings. The van der Waals surface area contributed by atoms with E-state index >= 15 is 0 Å². The molecule has 0 atom stereocenters. The van der Waals surface area contributed by atoms with Crippen LogP contribution in [0.15, 0.2) is 30.5 Å². The molecule has 0 spiro atoms. The molecule has 0 unspecified atom stereocenters. The molecule has 0 fully saturated rings. The van der Waals surface area contributed by atoms with E-state index in [2.05, 4.69) is 55.9 Å². The first-order chi connectivity index (χ1) is 8.63. The van der Waals surface area contributed by atoms with Crippen LogP contribution in [0.4, 0.5) is 0 Å². The lowest BCUT2D eigenvalue weighted by molar-refractivity contribution is 0.928. The Balaban J connectivity index is 2.06. The van der Waals surface area contributed by atoms with Gasteiger partial charge in [0.1, 0.15) is 0 Å². The molecule has 3 aromatic rings. The zero-order chi connectivity index (χ0) is 12.7. The van der Waals surface area contributed by atoms with Crippen molar-refractivity contribution in [1.29, 1.82) is 0 Å². The number of hydrogen-bond acceptors (Lipinski definition) is 3. The average Bonchev–Trinajstić information content (AvgIpc) is 2.99. The number of aromatic nitrogens is 2. The van der Waals surface area contributed by atoms with E-state index in [1.807, 2.05) is 0 Å². The van der Waals surface area contributed by atoms with Gasteiger partial charge >= 0.3 is 0 Å². The molecule has 4 heteroatoms. The largest absolute Gasteiger partial charge is 0.333 e. The lowest BCUT2D eigenvalue weighted by Crippen LogP contribution is -1.87. The highest BCUT2D eigenvalue weighted by molar-refractivity contribution is 7.15. The minimum atomic E-state index is 1.05. The molecule has 0 aliphatic heterocycles. The van der Waals surface area contributed by atoms with Gasteiger partial charge in [-0.3, -0.25) is 0 Å². The number of hydrogen-bond donors (Lipinski definition) is 0. The standard InChI is InChI=1S/C14H14N2S2/c1-9-4-6-12(17-9)11-8-16(3)14(15-11)13-7-5-10(2)18-13/h4-8H,1-3H3. The molecule has 3 rings (SSSR count). The molecular formula is C14H14N2S2. The van der Waals surface area contributed by atoms with Crippen molar-refractivity contribution in [3.05, 3.63) is 40.2 Å². The van der Waals surface area contributed by atoms with Crippen molar-refractivity contribution in [2.45, 2.75) is 13.8 Å². The van der Waals surface area contributed by atoms with Gasteiger partial charge in [0.15, 0.2) is 5.82 Å². The summed E-state index contributed by atoms with van der Waals surface area (Å²) in [5.74, 6) is 1.05. The van der Waals surface area contributed by atoms with E-state index < -0.39 is 0 Å². The molecule has 18 heavy (non-hydrogen) atoms. The zero-order valence-electron chi connectivity index (χ0n) is 10.6. The second-order valence-electron chi connectivity index (χ2n) is 4.38. The summed E-state index contributed by atoms with van der Waals surface area (Å²) >= 11 is 3.58. The molecule has 2 nitrogen and oxygen atoms in total. The van der Waals surface area contributed by atoms with Crippen LogP contribution in [-0.4, -0.2) is 9.55 Å². The van der Waals surface area contributed by atoms with Crippen LogP contribution < -0.4 is 0 Å². The minimum absolute atomic E-state index is 1.05. The summed E-state index contributed by atoms with van der Waals surface area (Å²) in [7, 11) is 2.06. The second kappa shape index (κ2) is 4.37. The first-order valence-electron chi connectivity index (χ1n) is 5.80. The molecule has 0 bridgehead atoms. The van der Waals surface area contributed by atoms with E-state index in [1.54, 1.807) is 22.7 Å². The van der Waals surface area contributed by atoms with E-state index in [-0.39, 0.29) is 0 Å². The van der Waals surface area contributed by atoms with Crippen LogP contribution in [0.5, 0.6) is 0 Å². The highest BCUT2D eigenvalue weighted by atomic mass is 32.1. The van der Waals surface area contributed by atoms with Crippen molar-refractivity contribution >= 4 is 22.7 Å². The lowest BCUT2D eigenvalue weighted by Gasteiger charge is -1.95. The topological polar surface area (TPSA) is 17.8 Å². The van der Waals surface area contributed by atoms with Crippen molar-refractivity contribution in [3.63, 3.8) is 0 Å². The first-order valence-corrected chi connectivity index (χ1v) is 7.44. The molecule has 0 saturated carbocycles. The smallest absolute Gasteiger partial charge is 0.150 e. The monoisotopic (exact) mass is 274 g/mol. The molecule has 0 saturated heterocycles. The predicted octanol–water partition coefficient (Wildman–Crippen LogP) is 4.49. The van der Waals surface area contributed by atoms with Crippen molar-refractivity contribution in [3.8, 4) is 21.3 Å². The summed E-state index contributed by atoms with van der Waals surface area (Å²) < 4.78 is 2.11. The van der Waals surface area contributed by atoms with Crippen LogP contribution in [-0.2, 0) is 7.05 Å². The molecule has 3 aromatic heterocycles. The Hall–Kier alpha value is -1.39. The van der Waals surface area contributed by atoms with Gasteiger partial charge in [-0.05, 0) is 38.1 Å². The lowest BCUT2D eigenvalue weighted by atomic mass is 10.4. The molecule has 0 amide bonds. The van der Waals surface area contributed by atoms with Gasteiger partial charge in [0.2, 0.25) is 0 Å². The molecule has 0 aromatic carbocycles. The Morgan fingerprint density at radius 3 is 2.11 bits per heavy atom. The summed E-state index contributed by atoms with van der Waals surface area (Å²) in [4.78, 5) is 9.87. The quantitative estimate of drug-likeness (QED) is 0.673. The number of nitrogens with zero attached hydrogens (tertiary/aromatic N) is 2. The van der Waals surface area contributed by atoms with E-state index in [9.17, 15) is 0 Å². The highest BCUT2D eigenvalue weighted by Gasteiger charge is 2.11. The Morgan fingerprint density at radius 1 is 0.944 bits per heavy atom. The molecule has 0 N–H and O–H groups in total. The van der Waals surface area contributed by atoms with Crippen LogP contribution in [0.1, 0.15) is 9.75 Å². The van der Waals surface area contributed by atoms with E-state index in [0.29, 0.717) is 0 Å². The predicted molar refractivity (Wildman–Crippen MR) is 79.3 cm³/mol. The summed E-state index contributed by atoms with van der Waals surface area (Å²) in [6.45, 7) is 4.25. The van der Waals surface area contributed by atoms with Gasteiger partial charge < -0.3 is 4.57 Å². The Morgan fingerprint density at radius 2 is 1.56 bits per heavy atom. The SMILES string of the molecule is Cc1ccc(-c2cn(C)c(-c3ccc(C)s3)n2)s1. The van der Waals surface area contributed by atoms with Gasteiger partial charge in [0.25, 0.3) is 0 Å². The number of imidazole rings is 1. The van der Waals surface area contributed by atoms with Crippen LogP contribution >= 0.6 is 22.7 Å². The third kappa shape index (κ3) is 2.02. The van der Waals surface area contributed by atoms with Crippen molar-refractivity contribution < 1.29 is 0 Å². The molecule has 0 radical (unpaired) electrons. The minimum Gasteiger partial charge on any atom is -0.333 e. The van der Waals surface area contributed by atoms with Crippen molar-refractivity contribution in [2.75, 3.05) is 0 Å². The fraction of sp³-hybridized carbons (Fsp3) is 0.214. The molecular weight excluding hydrogens is 260 g/mol. The average molecular weight is 274 g/mol. The normalized spacial score (nSPS) is 11.1. The molecule has 0 aliphatic carbocycles. The van der Waals surface area contributed by atoms with Crippen LogP contribution in [0.2, 0.25) is 0 Å². The summed E-state index contributed by atoms with van der Waals surface area (Å²) in [5.41, 5.74) is 1.07. The number of aryl methyl sites for hydroxylation is 3.